The van der Waals surface area contributed by atoms with Crippen molar-refractivity contribution in [2.24, 2.45) is 11.7 Å². The lowest BCUT2D eigenvalue weighted by molar-refractivity contribution is -0.126. The summed E-state index contributed by atoms with van der Waals surface area (Å²) >= 11 is 0. The minimum Gasteiger partial charge on any atom is -0.379 e. The van der Waals surface area contributed by atoms with Crippen molar-refractivity contribution in [3.05, 3.63) is 0 Å². The van der Waals surface area contributed by atoms with Crippen LogP contribution in [0.4, 0.5) is 0 Å². The van der Waals surface area contributed by atoms with Gasteiger partial charge in [0, 0.05) is 25.1 Å². The number of rotatable bonds is 7. The molecule has 4 nitrogen and oxygen atoms in total. The van der Waals surface area contributed by atoms with Crippen molar-refractivity contribution in [1.29, 1.82) is 0 Å². The van der Waals surface area contributed by atoms with Gasteiger partial charge in [-0.1, -0.05) is 6.42 Å². The van der Waals surface area contributed by atoms with Crippen LogP contribution in [-0.2, 0) is 9.53 Å². The van der Waals surface area contributed by atoms with Gasteiger partial charge in [-0.3, -0.25) is 4.79 Å². The summed E-state index contributed by atoms with van der Waals surface area (Å²) in [6, 6.07) is 0.217. The van der Waals surface area contributed by atoms with Crippen LogP contribution in [0.5, 0.6) is 0 Å². The highest BCUT2D eigenvalue weighted by Gasteiger charge is 2.24. The number of carbonyl (C=O) groups is 1. The number of nitrogens with one attached hydrogen (secondary N) is 1. The van der Waals surface area contributed by atoms with E-state index in [4.69, 9.17) is 10.5 Å². The largest absolute Gasteiger partial charge is 0.379 e. The number of hydrogen-bond acceptors (Lipinski definition) is 3. The summed E-state index contributed by atoms with van der Waals surface area (Å²) in [6.45, 7) is 5.61. The summed E-state index contributed by atoms with van der Waals surface area (Å²) in [5, 5.41) is 3.01. The Morgan fingerprint density at radius 2 is 2.17 bits per heavy atom. The highest BCUT2D eigenvalue weighted by atomic mass is 16.5. The second-order valence-corrected chi connectivity index (χ2v) is 5.54. The van der Waals surface area contributed by atoms with Crippen molar-refractivity contribution < 1.29 is 9.53 Å². The first kappa shape index (κ1) is 15.4. The topological polar surface area (TPSA) is 64.3 Å². The molecule has 0 saturated heterocycles. The second-order valence-electron chi connectivity index (χ2n) is 5.54. The zero-order chi connectivity index (χ0) is 13.4. The quantitative estimate of drug-likeness (QED) is 0.683. The molecule has 1 amide bonds. The van der Waals surface area contributed by atoms with Crippen LogP contribution >= 0.6 is 0 Å². The fourth-order valence-electron chi connectivity index (χ4n) is 2.37. The fourth-order valence-corrected chi connectivity index (χ4v) is 2.37. The van der Waals surface area contributed by atoms with Crippen molar-refractivity contribution in [2.75, 3.05) is 13.2 Å². The van der Waals surface area contributed by atoms with E-state index in [1.54, 1.807) is 0 Å². The van der Waals surface area contributed by atoms with Gasteiger partial charge in [-0.15, -0.1) is 0 Å². The predicted octanol–water partition coefficient (Wildman–Crippen LogP) is 1.83. The standard InChI is InChI=1S/C14H28N2O2/c1-11(2)18-9-4-3-8-16-14(17)12-6-5-7-13(15)10-12/h11-13H,3-10,15H2,1-2H3,(H,16,17). The summed E-state index contributed by atoms with van der Waals surface area (Å²) < 4.78 is 5.45. The maximum absolute atomic E-state index is 11.9. The van der Waals surface area contributed by atoms with Gasteiger partial charge in [-0.2, -0.15) is 0 Å². The molecule has 0 aliphatic heterocycles. The number of ether oxygens (including phenoxy) is 1. The number of carbonyl (C=O) groups excluding carboxylic acids is 1. The Hall–Kier alpha value is -0.610. The van der Waals surface area contributed by atoms with Crippen LogP contribution in [0.25, 0.3) is 0 Å². The van der Waals surface area contributed by atoms with E-state index in [1.807, 2.05) is 13.8 Å². The van der Waals surface area contributed by atoms with Gasteiger partial charge in [-0.05, 0) is 46.0 Å². The van der Waals surface area contributed by atoms with E-state index in [9.17, 15) is 4.79 Å². The first-order valence-electron chi connectivity index (χ1n) is 7.24. The van der Waals surface area contributed by atoms with Crippen molar-refractivity contribution in [2.45, 2.75) is 64.5 Å². The van der Waals surface area contributed by atoms with E-state index in [1.165, 1.54) is 0 Å². The summed E-state index contributed by atoms with van der Waals surface area (Å²) in [6.07, 6.45) is 6.28. The molecule has 18 heavy (non-hydrogen) atoms. The first-order chi connectivity index (χ1) is 8.59. The molecule has 0 bridgehead atoms. The van der Waals surface area contributed by atoms with Crippen LogP contribution in [0.15, 0.2) is 0 Å². The van der Waals surface area contributed by atoms with Crippen LogP contribution in [-0.4, -0.2) is 31.2 Å². The molecule has 0 aromatic carbocycles. The van der Waals surface area contributed by atoms with Gasteiger partial charge in [0.05, 0.1) is 6.10 Å². The number of unbranched alkanes of at least 4 members (excludes halogenated alkanes) is 1. The highest BCUT2D eigenvalue weighted by Crippen LogP contribution is 2.22. The van der Waals surface area contributed by atoms with E-state index in [-0.39, 0.29) is 17.9 Å². The molecule has 0 aromatic rings. The van der Waals surface area contributed by atoms with Gasteiger partial charge in [0.1, 0.15) is 0 Å². The Morgan fingerprint density at radius 1 is 1.39 bits per heavy atom. The van der Waals surface area contributed by atoms with Gasteiger partial charge in [-0.25, -0.2) is 0 Å². The SMILES string of the molecule is CC(C)OCCCCNC(=O)C1CCCC(N)C1. The predicted molar refractivity (Wildman–Crippen MR) is 73.3 cm³/mol. The summed E-state index contributed by atoms with van der Waals surface area (Å²) in [7, 11) is 0. The third kappa shape index (κ3) is 6.36. The highest BCUT2D eigenvalue weighted by molar-refractivity contribution is 5.78. The second kappa shape index (κ2) is 8.48. The molecule has 1 fully saturated rings. The van der Waals surface area contributed by atoms with Gasteiger partial charge in [0.25, 0.3) is 0 Å². The minimum absolute atomic E-state index is 0.140. The Kier molecular flexibility index (Phi) is 7.28. The third-order valence-electron chi connectivity index (χ3n) is 3.41. The van der Waals surface area contributed by atoms with Crippen molar-refractivity contribution in [3.63, 3.8) is 0 Å². The maximum atomic E-state index is 11.9. The Bertz CT molecular complexity index is 244. The zero-order valence-corrected chi connectivity index (χ0v) is 11.8. The lowest BCUT2D eigenvalue weighted by Crippen LogP contribution is -2.38. The Labute approximate surface area is 111 Å². The van der Waals surface area contributed by atoms with Crippen LogP contribution in [0.1, 0.15) is 52.4 Å². The van der Waals surface area contributed by atoms with Crippen molar-refractivity contribution >= 4 is 5.91 Å². The third-order valence-corrected chi connectivity index (χ3v) is 3.41. The molecular weight excluding hydrogens is 228 g/mol. The van der Waals surface area contributed by atoms with Gasteiger partial charge in [0.2, 0.25) is 5.91 Å². The van der Waals surface area contributed by atoms with Crippen LogP contribution in [0.2, 0.25) is 0 Å². The van der Waals surface area contributed by atoms with Gasteiger partial charge < -0.3 is 15.8 Å². The monoisotopic (exact) mass is 256 g/mol. The van der Waals surface area contributed by atoms with Crippen molar-refractivity contribution in [3.8, 4) is 0 Å². The van der Waals surface area contributed by atoms with E-state index >= 15 is 0 Å². The first-order valence-corrected chi connectivity index (χ1v) is 7.24. The molecule has 1 rings (SSSR count). The van der Waals surface area contributed by atoms with E-state index < -0.39 is 0 Å². The smallest absolute Gasteiger partial charge is 0.223 e. The van der Waals surface area contributed by atoms with Crippen LogP contribution in [0.3, 0.4) is 0 Å². The number of nitrogens with two attached hydrogens (primary N) is 1. The molecule has 4 heteroatoms. The molecule has 3 N–H and O–H groups in total. The van der Waals surface area contributed by atoms with Gasteiger partial charge in [0.15, 0.2) is 0 Å². The van der Waals surface area contributed by atoms with E-state index in [2.05, 4.69) is 5.32 Å². The molecule has 1 aliphatic rings. The molecule has 1 aliphatic carbocycles. The summed E-state index contributed by atoms with van der Waals surface area (Å²) in [4.78, 5) is 11.9. The van der Waals surface area contributed by atoms with E-state index in [0.29, 0.717) is 6.10 Å². The van der Waals surface area contributed by atoms with Crippen LogP contribution < -0.4 is 11.1 Å². The maximum Gasteiger partial charge on any atom is 0.223 e. The molecule has 0 aromatic heterocycles. The molecule has 2 atom stereocenters. The average molecular weight is 256 g/mol. The van der Waals surface area contributed by atoms with Crippen LogP contribution in [0, 0.1) is 5.92 Å². The number of amides is 1. The lowest BCUT2D eigenvalue weighted by atomic mass is 9.85. The molecule has 0 spiro atoms. The van der Waals surface area contributed by atoms with Crippen molar-refractivity contribution in [1.82, 2.24) is 5.32 Å². The Balaban J connectivity index is 2.02. The minimum atomic E-state index is 0.140. The summed E-state index contributed by atoms with van der Waals surface area (Å²) in [5.74, 6) is 0.329. The molecule has 106 valence electrons. The molecule has 2 unspecified atom stereocenters. The zero-order valence-electron chi connectivity index (χ0n) is 11.8. The average Bonchev–Trinajstić information content (AvgIpc) is 2.33. The lowest BCUT2D eigenvalue weighted by Gasteiger charge is -2.25. The van der Waals surface area contributed by atoms with E-state index in [0.717, 1.165) is 51.7 Å². The molecule has 1 saturated carbocycles. The fraction of sp³-hybridized carbons (Fsp3) is 0.929. The number of hydrogen-bond donors (Lipinski definition) is 2. The normalized spacial score (nSPS) is 24.2. The van der Waals surface area contributed by atoms with Gasteiger partial charge >= 0.3 is 0 Å². The molecule has 0 heterocycles. The Morgan fingerprint density at radius 3 is 2.83 bits per heavy atom. The summed E-state index contributed by atoms with van der Waals surface area (Å²) in [5.41, 5.74) is 5.89. The molecule has 0 radical (unpaired) electrons. The molecular formula is C14H28N2O2.